The monoisotopic (exact) mass is 517 g/mol. The molecule has 192 valence electrons. The third-order valence-corrected chi connectivity index (χ3v) is 6.42. The van der Waals surface area contributed by atoms with E-state index in [0.717, 1.165) is 4.68 Å². The molecule has 1 unspecified atom stereocenters. The summed E-state index contributed by atoms with van der Waals surface area (Å²) in [7, 11) is 0. The molecule has 2 atom stereocenters. The molecule has 2 aromatic carbocycles. The maximum atomic E-state index is 14.6. The first-order valence-electron chi connectivity index (χ1n) is 11.3. The fourth-order valence-electron chi connectivity index (χ4n) is 3.21. The molecule has 3 aromatic rings. The summed E-state index contributed by atoms with van der Waals surface area (Å²) in [6.45, 7) is 7.01. The molecule has 1 amide bonds. The molecule has 0 aliphatic rings. The van der Waals surface area contributed by atoms with Crippen LogP contribution in [0.1, 0.15) is 56.2 Å². The standard InChI is InChI=1S/C26H29ClFN3O5/c1-25(2,3)26(4,35)15-36-22-13-20(30-31(22)21-12-8-7-11-18(21)28)24(34)29-19(14-23(32)33)16-9-5-6-10-17(16)27/h5-13,19,35H,14-15H2,1-4H3,(H,29,34)(H,32,33)/t19?,26-/m0/s1. The van der Waals surface area contributed by atoms with E-state index in [0.29, 0.717) is 10.6 Å². The topological polar surface area (TPSA) is 114 Å². The molecular weight excluding hydrogens is 489 g/mol. The molecule has 0 aliphatic heterocycles. The lowest BCUT2D eigenvalue weighted by Crippen LogP contribution is -2.45. The van der Waals surface area contributed by atoms with Crippen molar-refractivity contribution in [1.82, 2.24) is 15.1 Å². The van der Waals surface area contributed by atoms with Crippen LogP contribution in [0.5, 0.6) is 5.88 Å². The quantitative estimate of drug-likeness (QED) is 0.376. The van der Waals surface area contributed by atoms with Gasteiger partial charge in [0.2, 0.25) is 5.88 Å². The number of nitrogens with zero attached hydrogens (tertiary/aromatic N) is 2. The number of nitrogens with one attached hydrogen (secondary N) is 1. The fraction of sp³-hybridized carbons (Fsp3) is 0.346. The lowest BCUT2D eigenvalue weighted by atomic mass is 9.78. The average Bonchev–Trinajstić information content (AvgIpc) is 3.21. The van der Waals surface area contributed by atoms with Gasteiger partial charge in [0, 0.05) is 11.1 Å². The Kier molecular flexibility index (Phi) is 8.05. The van der Waals surface area contributed by atoms with Crippen molar-refractivity contribution in [2.24, 2.45) is 5.41 Å². The number of carboxylic acid groups (broad SMARTS) is 1. The Morgan fingerprint density at radius 3 is 2.39 bits per heavy atom. The van der Waals surface area contributed by atoms with Gasteiger partial charge in [0.1, 0.15) is 23.7 Å². The van der Waals surface area contributed by atoms with Crippen LogP contribution in [0, 0.1) is 11.2 Å². The van der Waals surface area contributed by atoms with Gasteiger partial charge in [-0.25, -0.2) is 4.39 Å². The average molecular weight is 518 g/mol. The van der Waals surface area contributed by atoms with Crippen molar-refractivity contribution in [3.8, 4) is 11.6 Å². The molecule has 0 saturated heterocycles. The molecule has 8 nitrogen and oxygen atoms in total. The molecule has 0 spiro atoms. The molecule has 36 heavy (non-hydrogen) atoms. The Balaban J connectivity index is 1.97. The molecule has 0 aliphatic carbocycles. The lowest BCUT2D eigenvalue weighted by Gasteiger charge is -2.36. The van der Waals surface area contributed by atoms with Crippen LogP contribution in [-0.4, -0.2) is 44.1 Å². The van der Waals surface area contributed by atoms with E-state index >= 15 is 0 Å². The van der Waals surface area contributed by atoms with E-state index in [9.17, 15) is 24.2 Å². The Labute approximate surface area is 213 Å². The minimum absolute atomic E-state index is 0.0299. The predicted molar refractivity (Wildman–Crippen MR) is 133 cm³/mol. The van der Waals surface area contributed by atoms with Gasteiger partial charge in [-0.05, 0) is 36.1 Å². The smallest absolute Gasteiger partial charge is 0.305 e. The predicted octanol–water partition coefficient (Wildman–Crippen LogP) is 4.79. The van der Waals surface area contributed by atoms with E-state index < -0.39 is 41.2 Å². The Morgan fingerprint density at radius 1 is 1.14 bits per heavy atom. The second-order valence-corrected chi connectivity index (χ2v) is 10.1. The third-order valence-electron chi connectivity index (χ3n) is 6.07. The maximum absolute atomic E-state index is 14.6. The van der Waals surface area contributed by atoms with Gasteiger partial charge in [-0.2, -0.15) is 9.78 Å². The highest BCUT2D eigenvalue weighted by Gasteiger charge is 2.36. The number of para-hydroxylation sites is 1. The number of amides is 1. The summed E-state index contributed by atoms with van der Waals surface area (Å²) in [5.41, 5.74) is -1.45. The van der Waals surface area contributed by atoms with Crippen LogP contribution in [0.2, 0.25) is 5.02 Å². The summed E-state index contributed by atoms with van der Waals surface area (Å²) in [5, 5.41) is 27.4. The first-order valence-corrected chi connectivity index (χ1v) is 11.6. The van der Waals surface area contributed by atoms with E-state index in [1.54, 1.807) is 37.3 Å². The van der Waals surface area contributed by atoms with Crippen molar-refractivity contribution >= 4 is 23.5 Å². The molecule has 0 saturated carbocycles. The van der Waals surface area contributed by atoms with E-state index in [1.165, 1.54) is 24.3 Å². The molecule has 3 rings (SSSR count). The minimum Gasteiger partial charge on any atom is -0.481 e. The highest BCUT2D eigenvalue weighted by Crippen LogP contribution is 2.32. The molecule has 0 bridgehead atoms. The molecule has 1 aromatic heterocycles. The van der Waals surface area contributed by atoms with Crippen molar-refractivity contribution in [3.63, 3.8) is 0 Å². The summed E-state index contributed by atoms with van der Waals surface area (Å²) in [6, 6.07) is 12.8. The maximum Gasteiger partial charge on any atom is 0.305 e. The Hall–Kier alpha value is -3.43. The number of carboxylic acids is 1. The number of hydrogen-bond donors (Lipinski definition) is 3. The van der Waals surface area contributed by atoms with E-state index in [4.69, 9.17) is 16.3 Å². The van der Waals surface area contributed by atoms with E-state index in [1.807, 2.05) is 20.8 Å². The summed E-state index contributed by atoms with van der Waals surface area (Å²) in [5.74, 6) is -2.41. The van der Waals surface area contributed by atoms with Gasteiger partial charge in [-0.3, -0.25) is 9.59 Å². The number of aromatic nitrogens is 2. The van der Waals surface area contributed by atoms with Crippen molar-refractivity contribution < 1.29 is 28.9 Å². The van der Waals surface area contributed by atoms with Gasteiger partial charge in [-0.15, -0.1) is 0 Å². The molecule has 3 N–H and O–H groups in total. The third kappa shape index (κ3) is 6.22. The molecular formula is C26H29ClFN3O5. The first-order chi connectivity index (χ1) is 16.8. The number of hydrogen-bond acceptors (Lipinski definition) is 5. The Bertz CT molecular complexity index is 1250. The first kappa shape index (κ1) is 27.2. The largest absolute Gasteiger partial charge is 0.481 e. The summed E-state index contributed by atoms with van der Waals surface area (Å²) < 4.78 is 21.6. The number of aliphatic hydroxyl groups is 1. The van der Waals surface area contributed by atoms with E-state index in [2.05, 4.69) is 10.4 Å². The van der Waals surface area contributed by atoms with Gasteiger partial charge in [0.05, 0.1) is 12.5 Å². The van der Waals surface area contributed by atoms with Gasteiger partial charge < -0.3 is 20.3 Å². The highest BCUT2D eigenvalue weighted by atomic mass is 35.5. The number of halogens is 2. The van der Waals surface area contributed by atoms with Crippen LogP contribution in [-0.2, 0) is 4.79 Å². The highest BCUT2D eigenvalue weighted by molar-refractivity contribution is 6.31. The molecule has 1 heterocycles. The fourth-order valence-corrected chi connectivity index (χ4v) is 3.48. The van der Waals surface area contributed by atoms with Crippen LogP contribution in [0.25, 0.3) is 5.69 Å². The summed E-state index contributed by atoms with van der Waals surface area (Å²) in [4.78, 5) is 24.6. The van der Waals surface area contributed by atoms with Crippen molar-refractivity contribution in [2.45, 2.75) is 45.8 Å². The van der Waals surface area contributed by atoms with E-state index in [-0.39, 0.29) is 23.9 Å². The summed E-state index contributed by atoms with van der Waals surface area (Å²) in [6.07, 6.45) is -0.415. The van der Waals surface area contributed by atoms with Gasteiger partial charge in [0.25, 0.3) is 5.91 Å². The number of ether oxygens (including phenoxy) is 1. The van der Waals surface area contributed by atoms with Crippen LogP contribution in [0.3, 0.4) is 0 Å². The van der Waals surface area contributed by atoms with Crippen molar-refractivity contribution in [1.29, 1.82) is 0 Å². The van der Waals surface area contributed by atoms with Gasteiger partial charge in [-0.1, -0.05) is 62.7 Å². The zero-order chi connectivity index (χ0) is 26.7. The van der Waals surface area contributed by atoms with Crippen molar-refractivity contribution in [2.75, 3.05) is 6.61 Å². The van der Waals surface area contributed by atoms with Gasteiger partial charge >= 0.3 is 5.97 Å². The molecule has 10 heteroatoms. The van der Waals surface area contributed by atoms with Crippen LogP contribution < -0.4 is 10.1 Å². The number of aliphatic carboxylic acids is 1. The second-order valence-electron chi connectivity index (χ2n) is 9.69. The SMILES string of the molecule is CC(C)(C)[C@@](C)(O)COc1cc(C(=O)NC(CC(=O)O)c2ccccc2Cl)nn1-c1ccccc1F. The van der Waals surface area contributed by atoms with Gasteiger partial charge in [0.15, 0.2) is 5.69 Å². The van der Waals surface area contributed by atoms with Crippen LogP contribution in [0.4, 0.5) is 4.39 Å². The molecule has 0 fully saturated rings. The summed E-state index contributed by atoms with van der Waals surface area (Å²) >= 11 is 6.23. The van der Waals surface area contributed by atoms with Crippen molar-refractivity contribution in [3.05, 3.63) is 76.7 Å². The number of rotatable bonds is 9. The number of carbonyl (C=O) groups is 2. The minimum atomic E-state index is -1.25. The second kappa shape index (κ2) is 10.7. The molecule has 0 radical (unpaired) electrons. The number of carbonyl (C=O) groups excluding carboxylic acids is 1. The zero-order valence-corrected chi connectivity index (χ0v) is 21.2. The lowest BCUT2D eigenvalue weighted by molar-refractivity contribution is -0.137. The number of benzene rings is 2. The van der Waals surface area contributed by atoms with Crippen LogP contribution in [0.15, 0.2) is 54.6 Å². The zero-order valence-electron chi connectivity index (χ0n) is 20.5. The Morgan fingerprint density at radius 2 is 1.78 bits per heavy atom. The normalized spacial score (nSPS) is 14.1. The van der Waals surface area contributed by atoms with Crippen LogP contribution >= 0.6 is 11.6 Å².